The zero-order chi connectivity index (χ0) is 14.7. The number of hydrogen-bond donors (Lipinski definition) is 1. The molecule has 0 unspecified atom stereocenters. The van der Waals surface area contributed by atoms with E-state index >= 15 is 0 Å². The largest absolute Gasteiger partial charge is 0.466 e. The molecule has 4 heteroatoms. The molecule has 0 aliphatic rings. The molecular formula is C15H24BrNO2. The molecule has 0 heterocycles. The summed E-state index contributed by atoms with van der Waals surface area (Å²) < 4.78 is 4.61. The monoisotopic (exact) mass is 329 g/mol. The number of anilines is 1. The molecule has 1 rings (SSSR count). The molecule has 0 aliphatic heterocycles. The fourth-order valence-electron chi connectivity index (χ4n) is 1.57. The van der Waals surface area contributed by atoms with Crippen LogP contribution in [0.15, 0.2) is 18.2 Å². The van der Waals surface area contributed by atoms with Gasteiger partial charge in [-0.25, -0.2) is 0 Å². The number of alkyl halides is 1. The number of ether oxygens (including phenoxy) is 1. The van der Waals surface area contributed by atoms with Crippen LogP contribution in [0, 0.1) is 6.92 Å². The Morgan fingerprint density at radius 1 is 1.37 bits per heavy atom. The quantitative estimate of drug-likeness (QED) is 0.657. The van der Waals surface area contributed by atoms with E-state index in [2.05, 4.69) is 58.0 Å². The van der Waals surface area contributed by atoms with Crippen LogP contribution in [-0.4, -0.2) is 25.0 Å². The Morgan fingerprint density at radius 2 is 2.05 bits per heavy atom. The highest BCUT2D eigenvalue weighted by molar-refractivity contribution is 9.09. The molecule has 0 amide bonds. The van der Waals surface area contributed by atoms with Gasteiger partial charge in [-0.1, -0.05) is 40.5 Å². The van der Waals surface area contributed by atoms with Crippen molar-refractivity contribution in [2.45, 2.75) is 33.6 Å². The summed E-state index contributed by atoms with van der Waals surface area (Å²) in [6.07, 6.45) is 1.56. The van der Waals surface area contributed by atoms with E-state index in [0.717, 1.165) is 6.42 Å². The van der Waals surface area contributed by atoms with Gasteiger partial charge in [0.2, 0.25) is 0 Å². The van der Waals surface area contributed by atoms with Crippen molar-refractivity contribution >= 4 is 27.6 Å². The zero-order valence-corrected chi connectivity index (χ0v) is 13.8. The van der Waals surface area contributed by atoms with Crippen LogP contribution in [-0.2, 0) is 16.0 Å². The summed E-state index contributed by atoms with van der Waals surface area (Å²) in [5.74, 6) is -0.135. The maximum Gasteiger partial charge on any atom is 0.306 e. The summed E-state index contributed by atoms with van der Waals surface area (Å²) in [4.78, 5) is 10.4. The van der Waals surface area contributed by atoms with Crippen LogP contribution in [0.25, 0.3) is 0 Å². The van der Waals surface area contributed by atoms with E-state index in [1.807, 2.05) is 7.05 Å². The van der Waals surface area contributed by atoms with Crippen molar-refractivity contribution in [2.75, 3.05) is 24.3 Å². The van der Waals surface area contributed by atoms with Crippen LogP contribution in [0.4, 0.5) is 5.69 Å². The van der Waals surface area contributed by atoms with Gasteiger partial charge in [0.25, 0.3) is 0 Å². The van der Waals surface area contributed by atoms with Crippen LogP contribution >= 0.6 is 15.9 Å². The van der Waals surface area contributed by atoms with Gasteiger partial charge < -0.3 is 10.1 Å². The van der Waals surface area contributed by atoms with Crippen molar-refractivity contribution in [1.82, 2.24) is 0 Å². The van der Waals surface area contributed by atoms with Gasteiger partial charge in [-0.3, -0.25) is 4.79 Å². The third kappa shape index (κ3) is 7.88. The van der Waals surface area contributed by atoms with E-state index in [0.29, 0.717) is 18.4 Å². The number of hydrogen-bond acceptors (Lipinski definition) is 3. The van der Waals surface area contributed by atoms with Crippen molar-refractivity contribution in [3.05, 3.63) is 29.3 Å². The van der Waals surface area contributed by atoms with E-state index < -0.39 is 0 Å². The Labute approximate surface area is 124 Å². The lowest BCUT2D eigenvalue weighted by atomic mass is 10.1. The molecule has 0 radical (unpaired) electrons. The Kier molecular flexibility index (Phi) is 10.3. The molecule has 1 aromatic carbocycles. The van der Waals surface area contributed by atoms with Crippen molar-refractivity contribution < 1.29 is 9.53 Å². The predicted octanol–water partition coefficient (Wildman–Crippen LogP) is 3.93. The molecule has 0 bridgehead atoms. The minimum absolute atomic E-state index is 0.135. The summed E-state index contributed by atoms with van der Waals surface area (Å²) in [6.45, 7) is 6.58. The van der Waals surface area contributed by atoms with Gasteiger partial charge in [-0.2, -0.15) is 0 Å². The molecule has 108 valence electrons. The summed E-state index contributed by atoms with van der Waals surface area (Å²) in [7, 11) is 1.96. The van der Waals surface area contributed by atoms with E-state index in [1.165, 1.54) is 16.8 Å². The summed E-state index contributed by atoms with van der Waals surface area (Å²) in [5.41, 5.74) is 3.98. The molecule has 19 heavy (non-hydrogen) atoms. The second-order valence-electron chi connectivity index (χ2n) is 4.01. The van der Waals surface area contributed by atoms with Crippen molar-refractivity contribution in [3.8, 4) is 0 Å². The lowest BCUT2D eigenvalue weighted by molar-refractivity contribution is -0.142. The van der Waals surface area contributed by atoms with Gasteiger partial charge in [0.05, 0.1) is 13.0 Å². The van der Waals surface area contributed by atoms with Crippen molar-refractivity contribution in [1.29, 1.82) is 0 Å². The zero-order valence-electron chi connectivity index (χ0n) is 12.3. The van der Waals surface area contributed by atoms with Crippen molar-refractivity contribution in [3.63, 3.8) is 0 Å². The maximum absolute atomic E-state index is 10.4. The number of esters is 1. The first-order chi connectivity index (χ1) is 9.08. The third-order valence-electron chi connectivity index (χ3n) is 2.51. The fourth-order valence-corrected chi connectivity index (χ4v) is 1.89. The van der Waals surface area contributed by atoms with E-state index in [9.17, 15) is 4.79 Å². The molecule has 0 aromatic heterocycles. The molecule has 0 saturated heterocycles. The second kappa shape index (κ2) is 10.9. The van der Waals surface area contributed by atoms with Crippen molar-refractivity contribution in [2.24, 2.45) is 0 Å². The lowest BCUT2D eigenvalue weighted by Gasteiger charge is -2.07. The van der Waals surface area contributed by atoms with Gasteiger partial charge in [-0.15, -0.1) is 0 Å². The van der Waals surface area contributed by atoms with E-state index in [4.69, 9.17) is 0 Å². The minimum Gasteiger partial charge on any atom is -0.466 e. The summed E-state index contributed by atoms with van der Waals surface area (Å²) in [6, 6.07) is 6.49. The number of halogens is 1. The van der Waals surface area contributed by atoms with Crippen LogP contribution in [0.2, 0.25) is 0 Å². The van der Waals surface area contributed by atoms with Gasteiger partial charge in [-0.05, 0) is 31.9 Å². The molecule has 0 spiro atoms. The first-order valence-corrected chi connectivity index (χ1v) is 7.70. The average molecular weight is 330 g/mol. The molecule has 0 fully saturated rings. The van der Waals surface area contributed by atoms with Crippen LogP contribution in [0.1, 0.15) is 31.4 Å². The van der Waals surface area contributed by atoms with Crippen LogP contribution in [0.3, 0.4) is 0 Å². The van der Waals surface area contributed by atoms with Gasteiger partial charge in [0.15, 0.2) is 0 Å². The number of rotatable bonds is 5. The van der Waals surface area contributed by atoms with E-state index in [1.54, 1.807) is 6.92 Å². The third-order valence-corrected chi connectivity index (χ3v) is 2.91. The van der Waals surface area contributed by atoms with E-state index in [-0.39, 0.29) is 5.97 Å². The summed E-state index contributed by atoms with van der Waals surface area (Å²) in [5, 5.41) is 3.86. The SMILES string of the molecule is CCOC(=O)CCBr.CCc1cc(C)ccc1NC. The second-order valence-corrected chi connectivity index (χ2v) is 4.80. The molecule has 1 aromatic rings. The number of aryl methyl sites for hydroxylation is 2. The minimum atomic E-state index is -0.135. The first kappa shape index (κ1) is 18.0. The molecule has 0 saturated carbocycles. The normalized spacial score (nSPS) is 9.32. The number of carbonyl (C=O) groups excluding carboxylic acids is 1. The summed E-state index contributed by atoms with van der Waals surface area (Å²) >= 11 is 3.12. The predicted molar refractivity (Wildman–Crippen MR) is 85.1 cm³/mol. The Balaban J connectivity index is 0.000000362. The molecule has 0 aliphatic carbocycles. The Morgan fingerprint density at radius 3 is 2.53 bits per heavy atom. The topological polar surface area (TPSA) is 38.3 Å². The van der Waals surface area contributed by atoms with Gasteiger partial charge in [0, 0.05) is 18.1 Å². The van der Waals surface area contributed by atoms with Gasteiger partial charge in [0.1, 0.15) is 0 Å². The van der Waals surface area contributed by atoms with Crippen LogP contribution < -0.4 is 5.32 Å². The van der Waals surface area contributed by atoms with Gasteiger partial charge >= 0.3 is 5.97 Å². The molecule has 1 N–H and O–H groups in total. The first-order valence-electron chi connectivity index (χ1n) is 6.57. The lowest BCUT2D eigenvalue weighted by Crippen LogP contribution is -2.03. The molecular weight excluding hydrogens is 306 g/mol. The molecule has 0 atom stereocenters. The number of benzene rings is 1. The highest BCUT2D eigenvalue weighted by atomic mass is 79.9. The Hall–Kier alpha value is -1.03. The average Bonchev–Trinajstić information content (AvgIpc) is 2.40. The Bertz CT molecular complexity index is 372. The van der Waals surface area contributed by atoms with Crippen LogP contribution in [0.5, 0.6) is 0 Å². The highest BCUT2D eigenvalue weighted by Crippen LogP contribution is 2.16. The highest BCUT2D eigenvalue weighted by Gasteiger charge is 1.97. The number of nitrogens with one attached hydrogen (secondary N) is 1. The molecule has 3 nitrogen and oxygen atoms in total. The smallest absolute Gasteiger partial charge is 0.306 e. The standard InChI is InChI=1S/C10H15N.C5H9BrO2/c1-4-9-7-8(2)5-6-10(9)11-3;1-2-8-5(7)3-4-6/h5-7,11H,4H2,1-3H3;2-4H2,1H3. The number of carbonyl (C=O) groups is 1. The maximum atomic E-state index is 10.4. The fraction of sp³-hybridized carbons (Fsp3) is 0.533.